The van der Waals surface area contributed by atoms with Gasteiger partial charge in [0.05, 0.1) is 0 Å². The first-order valence-electron chi connectivity index (χ1n) is 1.97. The molecule has 0 aliphatic carbocycles. The Bertz CT molecular complexity index is 137. The van der Waals surface area contributed by atoms with Crippen LogP contribution in [0, 0.1) is 0 Å². The molecule has 0 unspecified atom stereocenters. The molecule has 0 amide bonds. The van der Waals surface area contributed by atoms with Crippen molar-refractivity contribution in [3.8, 4) is 0 Å². The molecule has 8 heavy (non-hydrogen) atoms. The van der Waals surface area contributed by atoms with Crippen molar-refractivity contribution < 1.29 is 8.78 Å². The Morgan fingerprint density at radius 3 is 2.62 bits per heavy atom. The van der Waals surface area contributed by atoms with E-state index in [2.05, 4.69) is 10.3 Å². The van der Waals surface area contributed by atoms with Crippen LogP contribution in [0.2, 0.25) is 0 Å². The van der Waals surface area contributed by atoms with Crippen LogP contribution in [0.4, 0.5) is 8.78 Å². The molecular formula is C3H3F2N3. The first-order chi connectivity index (χ1) is 3.80. The van der Waals surface area contributed by atoms with Gasteiger partial charge in [-0.25, -0.2) is 0 Å². The highest BCUT2D eigenvalue weighted by Gasteiger charge is 2.07. The Morgan fingerprint density at radius 1 is 1.62 bits per heavy atom. The number of nitrogens with one attached hydrogen (secondary N) is 1. The molecular weight excluding hydrogens is 116 g/mol. The summed E-state index contributed by atoms with van der Waals surface area (Å²) in [5.74, 6) is 0. The van der Waals surface area contributed by atoms with Gasteiger partial charge >= 0.3 is 0 Å². The van der Waals surface area contributed by atoms with Crippen molar-refractivity contribution in [2.45, 2.75) is 0 Å². The summed E-state index contributed by atoms with van der Waals surface area (Å²) in [7, 11) is 0. The fourth-order valence-electron chi connectivity index (χ4n) is 0.339. The molecule has 1 heterocycles. The quantitative estimate of drug-likeness (QED) is 0.508. The zero-order valence-electron chi connectivity index (χ0n) is 3.86. The minimum atomic E-state index is -1.74. The zero-order chi connectivity index (χ0) is 5.98. The van der Waals surface area contributed by atoms with Gasteiger partial charge in [-0.05, 0) is 0 Å². The van der Waals surface area contributed by atoms with E-state index in [0.717, 1.165) is 0 Å². The second kappa shape index (κ2) is 1.85. The highest BCUT2D eigenvalue weighted by Crippen LogP contribution is 2.08. The fourth-order valence-corrected chi connectivity index (χ4v) is 0.339. The molecule has 1 aliphatic heterocycles. The van der Waals surface area contributed by atoms with Crippen LogP contribution in [0.5, 0.6) is 0 Å². The lowest BCUT2D eigenvalue weighted by Crippen LogP contribution is -2.00. The Hall–Kier alpha value is -1.00. The number of hydrogen-bond donors (Lipinski definition) is 1. The van der Waals surface area contributed by atoms with E-state index < -0.39 is 6.08 Å². The molecule has 0 saturated carbocycles. The molecule has 0 bridgehead atoms. The summed E-state index contributed by atoms with van der Waals surface area (Å²) < 4.78 is 22.9. The second-order valence-corrected chi connectivity index (χ2v) is 1.25. The molecule has 1 N–H and O–H groups in total. The maximum Gasteiger partial charge on any atom is 0.293 e. The minimum Gasteiger partial charge on any atom is -0.257 e. The van der Waals surface area contributed by atoms with Gasteiger partial charge in [0.2, 0.25) is 0 Å². The van der Waals surface area contributed by atoms with Gasteiger partial charge in [0.25, 0.3) is 6.08 Å². The van der Waals surface area contributed by atoms with Crippen LogP contribution in [0.1, 0.15) is 0 Å². The molecule has 0 aromatic heterocycles. The minimum absolute atomic E-state index is 0.0255. The predicted molar refractivity (Wildman–Crippen MR) is 22.1 cm³/mol. The molecule has 0 aromatic carbocycles. The van der Waals surface area contributed by atoms with Gasteiger partial charge < -0.3 is 0 Å². The van der Waals surface area contributed by atoms with Gasteiger partial charge in [0.15, 0.2) is 0 Å². The Balaban J connectivity index is 2.64. The molecule has 0 radical (unpaired) electrons. The fraction of sp³-hybridized carbons (Fsp3) is 0.333. The smallest absolute Gasteiger partial charge is 0.257 e. The third kappa shape index (κ3) is 0.800. The average molecular weight is 119 g/mol. The molecule has 0 atom stereocenters. The lowest BCUT2D eigenvalue weighted by molar-refractivity contribution is 0.405. The summed E-state index contributed by atoms with van der Waals surface area (Å²) in [4.78, 5) is 0. The van der Waals surface area contributed by atoms with Crippen molar-refractivity contribution in [1.29, 1.82) is 0 Å². The van der Waals surface area contributed by atoms with E-state index in [1.165, 1.54) is 0 Å². The lowest BCUT2D eigenvalue weighted by Gasteiger charge is -1.87. The van der Waals surface area contributed by atoms with Crippen molar-refractivity contribution in [3.63, 3.8) is 0 Å². The van der Waals surface area contributed by atoms with Crippen LogP contribution in [-0.2, 0) is 0 Å². The second-order valence-electron chi connectivity index (χ2n) is 1.25. The lowest BCUT2D eigenvalue weighted by atomic mass is 10.5. The number of halogens is 2. The standard InChI is InChI=1S/C3H3F2N3/c4-3(5)2-1-6-8-7-2/h1H2,(H,6,7). The topological polar surface area (TPSA) is 36.8 Å². The first kappa shape index (κ1) is 5.14. The monoisotopic (exact) mass is 119 g/mol. The summed E-state index contributed by atoms with van der Waals surface area (Å²) in [6.07, 6.45) is -1.74. The number of rotatable bonds is 0. The third-order valence-electron chi connectivity index (χ3n) is 0.713. The van der Waals surface area contributed by atoms with E-state index in [1.807, 2.05) is 5.43 Å². The van der Waals surface area contributed by atoms with Crippen molar-refractivity contribution in [1.82, 2.24) is 5.43 Å². The van der Waals surface area contributed by atoms with Crippen LogP contribution >= 0.6 is 0 Å². The molecule has 44 valence electrons. The molecule has 1 rings (SSSR count). The molecule has 0 aromatic rings. The molecule has 1 aliphatic rings. The van der Waals surface area contributed by atoms with Crippen molar-refractivity contribution in [3.05, 3.63) is 11.8 Å². The first-order valence-corrected chi connectivity index (χ1v) is 1.97. The van der Waals surface area contributed by atoms with Gasteiger partial charge in [-0.3, -0.25) is 5.43 Å². The normalized spacial score (nSPS) is 16.5. The summed E-state index contributed by atoms with van der Waals surface area (Å²) in [5.41, 5.74) is 1.84. The largest absolute Gasteiger partial charge is 0.293 e. The van der Waals surface area contributed by atoms with Crippen LogP contribution in [0.15, 0.2) is 22.1 Å². The van der Waals surface area contributed by atoms with E-state index >= 15 is 0 Å². The van der Waals surface area contributed by atoms with E-state index in [4.69, 9.17) is 0 Å². The molecule has 3 nitrogen and oxygen atoms in total. The molecule has 0 saturated heterocycles. The van der Waals surface area contributed by atoms with E-state index in [9.17, 15) is 8.78 Å². The Morgan fingerprint density at radius 2 is 2.38 bits per heavy atom. The average Bonchev–Trinajstić information content (AvgIpc) is 2.12. The Labute approximate surface area is 44.1 Å². The third-order valence-corrected chi connectivity index (χ3v) is 0.713. The Kier molecular flexibility index (Phi) is 1.19. The maximum atomic E-state index is 11.4. The predicted octanol–water partition coefficient (Wildman–Crippen LogP) is 1.06. The van der Waals surface area contributed by atoms with Crippen LogP contribution in [0.25, 0.3) is 0 Å². The molecule has 0 spiro atoms. The summed E-state index contributed by atoms with van der Waals surface area (Å²) in [5, 5.41) is 6.39. The summed E-state index contributed by atoms with van der Waals surface area (Å²) >= 11 is 0. The van der Waals surface area contributed by atoms with Crippen LogP contribution in [0.3, 0.4) is 0 Å². The van der Waals surface area contributed by atoms with Gasteiger partial charge in [-0.2, -0.15) is 13.9 Å². The summed E-state index contributed by atoms with van der Waals surface area (Å²) in [6.45, 7) is -0.0255. The van der Waals surface area contributed by atoms with Gasteiger partial charge in [0, 0.05) is 0 Å². The highest BCUT2D eigenvalue weighted by molar-refractivity contribution is 5.02. The number of nitrogens with zero attached hydrogens (tertiary/aromatic N) is 2. The molecule has 5 heteroatoms. The van der Waals surface area contributed by atoms with E-state index in [0.29, 0.717) is 0 Å². The van der Waals surface area contributed by atoms with Gasteiger partial charge in [-0.15, -0.1) is 0 Å². The van der Waals surface area contributed by atoms with Crippen molar-refractivity contribution in [2.24, 2.45) is 10.3 Å². The summed E-state index contributed by atoms with van der Waals surface area (Å²) in [6, 6.07) is 0. The van der Waals surface area contributed by atoms with Gasteiger partial charge in [0.1, 0.15) is 12.2 Å². The van der Waals surface area contributed by atoms with E-state index in [1.54, 1.807) is 0 Å². The molecule has 0 fully saturated rings. The van der Waals surface area contributed by atoms with Crippen molar-refractivity contribution >= 4 is 0 Å². The van der Waals surface area contributed by atoms with Crippen LogP contribution < -0.4 is 5.43 Å². The van der Waals surface area contributed by atoms with Crippen LogP contribution in [-0.4, -0.2) is 6.54 Å². The van der Waals surface area contributed by atoms with E-state index in [-0.39, 0.29) is 12.2 Å². The van der Waals surface area contributed by atoms with Gasteiger partial charge in [-0.1, -0.05) is 5.22 Å². The SMILES string of the molecule is FC(F)=C1CN=NN1. The zero-order valence-corrected chi connectivity index (χ0v) is 3.86. The highest BCUT2D eigenvalue weighted by atomic mass is 19.3. The maximum absolute atomic E-state index is 11.4. The number of hydrogen-bond acceptors (Lipinski definition) is 3. The van der Waals surface area contributed by atoms with Crippen molar-refractivity contribution in [2.75, 3.05) is 6.54 Å².